The van der Waals surface area contributed by atoms with Crippen LogP contribution in [0.15, 0.2) is 82.6 Å². The third-order valence-electron chi connectivity index (χ3n) is 8.35. The van der Waals surface area contributed by atoms with E-state index in [0.717, 1.165) is 40.2 Å². The summed E-state index contributed by atoms with van der Waals surface area (Å²) >= 11 is 0. The molecular weight excluding hydrogens is 516 g/mol. The molecule has 212 valence electrons. The van der Waals surface area contributed by atoms with Crippen LogP contribution in [-0.4, -0.2) is 60.1 Å². The average molecular weight is 553 g/mol. The summed E-state index contributed by atoms with van der Waals surface area (Å²) < 4.78 is 5.28. The van der Waals surface area contributed by atoms with Gasteiger partial charge in [0.05, 0.1) is 30.2 Å². The van der Waals surface area contributed by atoms with Crippen molar-refractivity contribution in [2.45, 2.75) is 39.7 Å². The number of Topliss-reactive ketones (excluding diaryl/α,β-unsaturated/α-hetero) is 1. The van der Waals surface area contributed by atoms with Crippen LogP contribution in [0.5, 0.6) is 0 Å². The summed E-state index contributed by atoms with van der Waals surface area (Å²) in [5, 5.41) is 3.61. The smallest absolute Gasteiger partial charge is 0.289 e. The molecule has 2 aliphatic heterocycles. The van der Waals surface area contributed by atoms with Crippen LogP contribution in [-0.2, 0) is 9.59 Å². The number of nitrogens with one attached hydrogen (secondary N) is 1. The van der Waals surface area contributed by atoms with Crippen LogP contribution in [0.4, 0.5) is 11.4 Å². The van der Waals surface area contributed by atoms with Crippen molar-refractivity contribution < 1.29 is 18.8 Å². The summed E-state index contributed by atoms with van der Waals surface area (Å²) in [6.07, 6.45) is 2.70. The number of allylic oxidation sites excluding steroid dienone is 1. The van der Waals surface area contributed by atoms with Gasteiger partial charge in [-0.3, -0.25) is 14.4 Å². The number of furan rings is 1. The van der Waals surface area contributed by atoms with Crippen molar-refractivity contribution in [2.75, 3.05) is 42.9 Å². The van der Waals surface area contributed by atoms with Gasteiger partial charge in [-0.15, -0.1) is 0 Å². The number of amides is 2. The molecule has 1 atom stereocenters. The fraction of sp³-hybridized carbons (Fsp3) is 0.364. The zero-order valence-corrected chi connectivity index (χ0v) is 23.9. The first-order valence-corrected chi connectivity index (χ1v) is 14.3. The number of nitrogens with zero attached hydrogens (tertiary/aromatic N) is 3. The largest absolute Gasteiger partial charge is 0.459 e. The lowest BCUT2D eigenvalue weighted by Crippen LogP contribution is -2.53. The highest BCUT2D eigenvalue weighted by Crippen LogP contribution is 2.48. The summed E-state index contributed by atoms with van der Waals surface area (Å²) in [5.41, 5.74) is 5.41. The highest BCUT2D eigenvalue weighted by atomic mass is 16.3. The lowest BCUT2D eigenvalue weighted by molar-refractivity contribution is -0.131. The van der Waals surface area contributed by atoms with Gasteiger partial charge in [-0.05, 0) is 48.6 Å². The standard InChI is InChI=1S/C33H36N4O4/c1-22-10-12-23(13-11-22)31-30-25(19-33(2,3)20-27(30)38)34-24-7-4-5-8-26(24)37(31)21-29(39)35-14-16-36(17-15-35)32(40)28-9-6-18-41-28/h4-13,18,31,34H,14-17,19-21H2,1-3H3. The second kappa shape index (κ2) is 10.6. The van der Waals surface area contributed by atoms with Gasteiger partial charge in [0.15, 0.2) is 11.5 Å². The summed E-state index contributed by atoms with van der Waals surface area (Å²) in [6, 6.07) is 19.2. The number of benzene rings is 2. The maximum absolute atomic E-state index is 13.9. The Kier molecular flexibility index (Phi) is 6.93. The molecule has 1 saturated heterocycles. The number of rotatable bonds is 4. The predicted octanol–water partition coefficient (Wildman–Crippen LogP) is 5.19. The quantitative estimate of drug-likeness (QED) is 0.480. The normalized spacial score (nSPS) is 20.2. The van der Waals surface area contributed by atoms with Crippen molar-refractivity contribution in [1.29, 1.82) is 0 Å². The highest BCUT2D eigenvalue weighted by Gasteiger charge is 2.42. The van der Waals surface area contributed by atoms with Crippen LogP contribution in [0.25, 0.3) is 0 Å². The van der Waals surface area contributed by atoms with Gasteiger partial charge in [0.1, 0.15) is 0 Å². The van der Waals surface area contributed by atoms with Gasteiger partial charge in [-0.25, -0.2) is 0 Å². The molecule has 1 aliphatic carbocycles. The van der Waals surface area contributed by atoms with Crippen LogP contribution >= 0.6 is 0 Å². The number of carbonyl (C=O) groups excluding carboxylic acids is 3. The van der Waals surface area contributed by atoms with E-state index in [4.69, 9.17) is 4.42 Å². The average Bonchev–Trinajstić information content (AvgIpc) is 3.45. The molecule has 1 fully saturated rings. The molecule has 8 heteroatoms. The number of ketones is 1. The third-order valence-corrected chi connectivity index (χ3v) is 8.35. The molecule has 3 aliphatic rings. The van der Waals surface area contributed by atoms with E-state index in [1.165, 1.54) is 6.26 Å². The highest BCUT2D eigenvalue weighted by molar-refractivity contribution is 6.02. The van der Waals surface area contributed by atoms with Crippen LogP contribution in [0.1, 0.15) is 54.4 Å². The van der Waals surface area contributed by atoms with Crippen molar-refractivity contribution in [2.24, 2.45) is 5.41 Å². The summed E-state index contributed by atoms with van der Waals surface area (Å²) in [4.78, 5) is 46.2. The minimum atomic E-state index is -0.406. The number of anilines is 2. The number of aryl methyl sites for hydroxylation is 1. The second-order valence-electron chi connectivity index (χ2n) is 12.1. The molecule has 1 unspecified atom stereocenters. The molecule has 3 heterocycles. The number of hydrogen-bond donors (Lipinski definition) is 1. The van der Waals surface area contributed by atoms with E-state index in [1.807, 2.05) is 36.1 Å². The molecule has 41 heavy (non-hydrogen) atoms. The first-order chi connectivity index (χ1) is 19.7. The van der Waals surface area contributed by atoms with Crippen LogP contribution in [0, 0.1) is 12.3 Å². The Labute approximate surface area is 240 Å². The van der Waals surface area contributed by atoms with E-state index in [0.29, 0.717) is 38.4 Å². The molecule has 1 N–H and O–H groups in total. The van der Waals surface area contributed by atoms with Gasteiger partial charge < -0.3 is 24.4 Å². The van der Waals surface area contributed by atoms with Gasteiger partial charge in [-0.1, -0.05) is 55.8 Å². The fourth-order valence-corrected chi connectivity index (χ4v) is 6.28. The summed E-state index contributed by atoms with van der Waals surface area (Å²) in [7, 11) is 0. The molecule has 0 bridgehead atoms. The first-order valence-electron chi connectivity index (χ1n) is 14.3. The van der Waals surface area contributed by atoms with E-state index in [-0.39, 0.29) is 29.6 Å². The van der Waals surface area contributed by atoms with Gasteiger partial charge in [-0.2, -0.15) is 0 Å². The monoisotopic (exact) mass is 552 g/mol. The molecule has 3 aromatic rings. The zero-order chi connectivity index (χ0) is 28.7. The molecule has 8 nitrogen and oxygen atoms in total. The molecule has 6 rings (SSSR count). The van der Waals surface area contributed by atoms with Crippen molar-refractivity contribution in [3.05, 3.63) is 95.1 Å². The number of carbonyl (C=O) groups is 3. The van der Waals surface area contributed by atoms with E-state index in [1.54, 1.807) is 17.0 Å². The molecule has 2 aromatic carbocycles. The molecule has 1 aromatic heterocycles. The van der Waals surface area contributed by atoms with E-state index >= 15 is 0 Å². The zero-order valence-electron chi connectivity index (χ0n) is 23.9. The summed E-state index contributed by atoms with van der Waals surface area (Å²) in [6.45, 7) is 8.17. The molecule has 0 radical (unpaired) electrons. The van der Waals surface area contributed by atoms with Crippen molar-refractivity contribution in [3.63, 3.8) is 0 Å². The minimum absolute atomic E-state index is 0.0327. The Morgan fingerprint density at radius 1 is 0.927 bits per heavy atom. The van der Waals surface area contributed by atoms with E-state index in [9.17, 15) is 14.4 Å². The predicted molar refractivity (Wildman–Crippen MR) is 158 cm³/mol. The molecule has 2 amide bonds. The van der Waals surface area contributed by atoms with Gasteiger partial charge >= 0.3 is 0 Å². The van der Waals surface area contributed by atoms with Crippen LogP contribution < -0.4 is 10.2 Å². The molecular formula is C33H36N4O4. The van der Waals surface area contributed by atoms with Crippen LogP contribution in [0.3, 0.4) is 0 Å². The third kappa shape index (κ3) is 5.26. The SMILES string of the molecule is Cc1ccc(C2C3=C(CC(C)(C)CC3=O)Nc3ccccc3N2CC(=O)N2CCN(C(=O)c3ccco3)CC2)cc1. The van der Waals surface area contributed by atoms with Crippen molar-refractivity contribution in [1.82, 2.24) is 9.80 Å². The first kappa shape index (κ1) is 26.9. The minimum Gasteiger partial charge on any atom is -0.459 e. The van der Waals surface area contributed by atoms with E-state index < -0.39 is 6.04 Å². The number of para-hydroxylation sites is 2. The van der Waals surface area contributed by atoms with Gasteiger partial charge in [0.25, 0.3) is 5.91 Å². The summed E-state index contributed by atoms with van der Waals surface area (Å²) in [5.74, 6) is 0.232. The Morgan fingerprint density at radius 2 is 1.63 bits per heavy atom. The van der Waals surface area contributed by atoms with Crippen molar-refractivity contribution >= 4 is 29.0 Å². The molecule has 0 saturated carbocycles. The van der Waals surface area contributed by atoms with Crippen molar-refractivity contribution in [3.8, 4) is 0 Å². The maximum atomic E-state index is 13.9. The number of fused-ring (bicyclic) bond motifs is 1. The van der Waals surface area contributed by atoms with Gasteiger partial charge in [0, 0.05) is 43.9 Å². The lowest BCUT2D eigenvalue weighted by atomic mass is 9.73. The number of hydrogen-bond acceptors (Lipinski definition) is 6. The van der Waals surface area contributed by atoms with E-state index in [2.05, 4.69) is 48.3 Å². The Hall–Kier alpha value is -4.33. The molecule has 0 spiro atoms. The lowest BCUT2D eigenvalue weighted by Gasteiger charge is -2.39. The Balaban J connectivity index is 1.33. The Morgan fingerprint density at radius 3 is 2.34 bits per heavy atom. The Bertz CT molecular complexity index is 1500. The number of piperazine rings is 1. The van der Waals surface area contributed by atoms with Gasteiger partial charge in [0.2, 0.25) is 5.91 Å². The fourth-order valence-electron chi connectivity index (χ4n) is 6.28. The topological polar surface area (TPSA) is 86.1 Å². The second-order valence-corrected chi connectivity index (χ2v) is 12.1. The maximum Gasteiger partial charge on any atom is 0.289 e. The van der Waals surface area contributed by atoms with Crippen LogP contribution in [0.2, 0.25) is 0 Å².